The predicted octanol–water partition coefficient (Wildman–Crippen LogP) is 2.47. The van der Waals surface area contributed by atoms with Crippen LogP contribution in [0.1, 0.15) is 21.7 Å². The molecule has 1 aromatic carbocycles. The van der Waals surface area contributed by atoms with Gasteiger partial charge in [0.15, 0.2) is 5.69 Å². The molecule has 1 amide bonds. The summed E-state index contributed by atoms with van der Waals surface area (Å²) in [6, 6.07) is 6.39. The van der Waals surface area contributed by atoms with E-state index >= 15 is 0 Å². The number of nitrogens with zero attached hydrogens (tertiary/aromatic N) is 5. The summed E-state index contributed by atoms with van der Waals surface area (Å²) >= 11 is 0. The van der Waals surface area contributed by atoms with Crippen LogP contribution in [0.25, 0.3) is 0 Å². The second-order valence-electron chi connectivity index (χ2n) is 5.38. The largest absolute Gasteiger partial charge is 0.433 e. The van der Waals surface area contributed by atoms with Gasteiger partial charge in [0, 0.05) is 13.1 Å². The molecule has 7 nitrogen and oxygen atoms in total. The first-order valence-electron chi connectivity index (χ1n) is 7.29. The zero-order chi connectivity index (χ0) is 18.9. The maximum atomic E-state index is 12.9. The molecule has 11 heteroatoms. The van der Waals surface area contributed by atoms with Gasteiger partial charge in [-0.05, 0) is 17.7 Å². The van der Waals surface area contributed by atoms with Crippen molar-refractivity contribution in [1.82, 2.24) is 24.5 Å². The Labute approximate surface area is 144 Å². The minimum Gasteiger partial charge on any atom is -0.288 e. The third-order valence-corrected chi connectivity index (χ3v) is 3.42. The quantitative estimate of drug-likeness (QED) is 0.718. The lowest BCUT2D eigenvalue weighted by Crippen LogP contribution is -2.14. The van der Waals surface area contributed by atoms with Crippen LogP contribution in [-0.2, 0) is 19.8 Å². The van der Waals surface area contributed by atoms with Crippen molar-refractivity contribution in [2.45, 2.75) is 12.7 Å². The topological polar surface area (TPSA) is 77.6 Å². The number of carbonyl (C=O) groups excluding carboxylic acids is 1. The smallest absolute Gasteiger partial charge is 0.288 e. The van der Waals surface area contributed by atoms with E-state index in [0.29, 0.717) is 10.7 Å². The maximum absolute atomic E-state index is 12.9. The van der Waals surface area contributed by atoms with Crippen LogP contribution >= 0.6 is 0 Å². The number of aryl methyl sites for hydroxylation is 1. The number of anilines is 1. The fourth-order valence-corrected chi connectivity index (χ4v) is 2.21. The van der Waals surface area contributed by atoms with E-state index in [1.54, 1.807) is 12.1 Å². The van der Waals surface area contributed by atoms with Gasteiger partial charge in [-0.25, -0.2) is 14.1 Å². The highest BCUT2D eigenvalue weighted by Crippen LogP contribution is 2.29. The molecular weight excluding hydrogens is 356 g/mol. The van der Waals surface area contributed by atoms with Gasteiger partial charge < -0.3 is 0 Å². The third kappa shape index (κ3) is 3.87. The molecule has 0 atom stereocenters. The summed E-state index contributed by atoms with van der Waals surface area (Å²) in [4.78, 5) is 15.9. The number of alkyl halides is 3. The van der Waals surface area contributed by atoms with Crippen LogP contribution in [0.4, 0.5) is 23.5 Å². The zero-order valence-electron chi connectivity index (χ0n) is 13.3. The van der Waals surface area contributed by atoms with Gasteiger partial charge in [-0.15, -0.1) is 5.10 Å². The number of benzene rings is 1. The van der Waals surface area contributed by atoms with E-state index in [4.69, 9.17) is 0 Å². The minimum absolute atomic E-state index is 0.0867. The van der Waals surface area contributed by atoms with E-state index in [-0.39, 0.29) is 18.3 Å². The zero-order valence-corrected chi connectivity index (χ0v) is 13.3. The molecule has 2 aromatic heterocycles. The normalized spacial score (nSPS) is 11.6. The van der Waals surface area contributed by atoms with Crippen molar-refractivity contribution >= 4 is 11.9 Å². The van der Waals surface area contributed by atoms with Gasteiger partial charge in [0.1, 0.15) is 17.8 Å². The molecule has 1 N–H and O–H groups in total. The molecule has 26 heavy (non-hydrogen) atoms. The second kappa shape index (κ2) is 6.58. The van der Waals surface area contributed by atoms with Crippen molar-refractivity contribution < 1.29 is 22.4 Å². The average molecular weight is 368 g/mol. The van der Waals surface area contributed by atoms with E-state index in [0.717, 1.165) is 12.6 Å². The van der Waals surface area contributed by atoms with Gasteiger partial charge in [0.25, 0.3) is 5.91 Å². The molecule has 0 saturated carbocycles. The van der Waals surface area contributed by atoms with Gasteiger partial charge in [-0.3, -0.25) is 14.8 Å². The van der Waals surface area contributed by atoms with E-state index in [2.05, 4.69) is 20.5 Å². The maximum Gasteiger partial charge on any atom is 0.433 e. The molecule has 0 saturated heterocycles. The second-order valence-corrected chi connectivity index (χ2v) is 5.38. The average Bonchev–Trinajstić information content (AvgIpc) is 3.16. The van der Waals surface area contributed by atoms with Crippen molar-refractivity contribution in [2.75, 3.05) is 5.32 Å². The van der Waals surface area contributed by atoms with Crippen molar-refractivity contribution in [1.29, 1.82) is 0 Å². The number of amides is 1. The first-order chi connectivity index (χ1) is 12.2. The number of carbonyl (C=O) groups is 1. The SMILES string of the molecule is Cn1nc(C(=O)Nc2ncn(Cc3ccc(F)cc3)n2)cc1C(F)(F)F. The summed E-state index contributed by atoms with van der Waals surface area (Å²) in [6.45, 7) is 0.283. The van der Waals surface area contributed by atoms with E-state index in [1.807, 2.05) is 0 Å². The number of rotatable bonds is 4. The van der Waals surface area contributed by atoms with Gasteiger partial charge in [0.05, 0.1) is 6.54 Å². The van der Waals surface area contributed by atoms with Crippen LogP contribution in [0, 0.1) is 5.82 Å². The highest BCUT2D eigenvalue weighted by atomic mass is 19.4. The van der Waals surface area contributed by atoms with E-state index < -0.39 is 23.5 Å². The predicted molar refractivity (Wildman–Crippen MR) is 81.7 cm³/mol. The summed E-state index contributed by atoms with van der Waals surface area (Å²) < 4.78 is 53.1. The van der Waals surface area contributed by atoms with Crippen molar-refractivity contribution in [3.63, 3.8) is 0 Å². The first-order valence-corrected chi connectivity index (χ1v) is 7.29. The van der Waals surface area contributed by atoms with Crippen LogP contribution in [0.2, 0.25) is 0 Å². The van der Waals surface area contributed by atoms with Crippen LogP contribution in [0.5, 0.6) is 0 Å². The number of aromatic nitrogens is 5. The lowest BCUT2D eigenvalue weighted by atomic mass is 10.2. The summed E-state index contributed by atoms with van der Waals surface area (Å²) in [5.74, 6) is -1.32. The highest BCUT2D eigenvalue weighted by Gasteiger charge is 2.35. The molecule has 0 radical (unpaired) electrons. The van der Waals surface area contributed by atoms with Gasteiger partial charge in [0.2, 0.25) is 5.95 Å². The van der Waals surface area contributed by atoms with Crippen LogP contribution in [-0.4, -0.2) is 30.5 Å². The fourth-order valence-electron chi connectivity index (χ4n) is 2.21. The molecule has 3 rings (SSSR count). The molecule has 0 aliphatic rings. The van der Waals surface area contributed by atoms with Gasteiger partial charge in [-0.2, -0.15) is 18.3 Å². The molecule has 0 spiro atoms. The van der Waals surface area contributed by atoms with Crippen LogP contribution in [0.3, 0.4) is 0 Å². The molecule has 0 bridgehead atoms. The Morgan fingerprint density at radius 3 is 2.50 bits per heavy atom. The molecule has 0 unspecified atom stereocenters. The summed E-state index contributed by atoms with van der Waals surface area (Å²) in [5, 5.41) is 9.82. The standard InChI is InChI=1S/C15H12F4N6O/c1-24-12(15(17,18)19)6-11(22-24)13(26)21-14-20-8-25(23-14)7-9-2-4-10(16)5-3-9/h2-6,8H,7H2,1H3,(H,21,23,26). The number of hydrogen-bond donors (Lipinski definition) is 1. The molecular formula is C15H12F4N6O. The molecule has 136 valence electrons. The van der Waals surface area contributed by atoms with Crippen LogP contribution in [0.15, 0.2) is 36.7 Å². The van der Waals surface area contributed by atoms with Gasteiger partial charge >= 0.3 is 6.18 Å². The van der Waals surface area contributed by atoms with Crippen molar-refractivity contribution in [3.05, 3.63) is 59.4 Å². The molecule has 0 aliphatic heterocycles. The number of nitrogens with one attached hydrogen (secondary N) is 1. The third-order valence-electron chi connectivity index (χ3n) is 3.42. The number of hydrogen-bond acceptors (Lipinski definition) is 4. The first kappa shape index (κ1) is 17.6. The summed E-state index contributed by atoms with van der Waals surface area (Å²) in [5.41, 5.74) is -0.694. The number of halogens is 4. The summed E-state index contributed by atoms with van der Waals surface area (Å²) in [7, 11) is 1.09. The molecule has 3 aromatic rings. The highest BCUT2D eigenvalue weighted by molar-refractivity contribution is 6.01. The van der Waals surface area contributed by atoms with Crippen LogP contribution < -0.4 is 5.32 Å². The Morgan fingerprint density at radius 1 is 1.19 bits per heavy atom. The molecule has 2 heterocycles. The Bertz CT molecular complexity index is 929. The Kier molecular flexibility index (Phi) is 4.45. The van der Waals surface area contributed by atoms with Crippen molar-refractivity contribution in [2.24, 2.45) is 7.05 Å². The van der Waals surface area contributed by atoms with Crippen molar-refractivity contribution in [3.8, 4) is 0 Å². The lowest BCUT2D eigenvalue weighted by molar-refractivity contribution is -0.143. The minimum atomic E-state index is -4.62. The Balaban J connectivity index is 1.69. The Hall–Kier alpha value is -3.24. The van der Waals surface area contributed by atoms with E-state index in [1.165, 1.54) is 23.1 Å². The van der Waals surface area contributed by atoms with E-state index in [9.17, 15) is 22.4 Å². The summed E-state index contributed by atoms with van der Waals surface area (Å²) in [6.07, 6.45) is -3.28. The lowest BCUT2D eigenvalue weighted by Gasteiger charge is -2.04. The Morgan fingerprint density at radius 2 is 1.88 bits per heavy atom. The molecule has 0 aliphatic carbocycles. The fraction of sp³-hybridized carbons (Fsp3) is 0.200. The van der Waals surface area contributed by atoms with Gasteiger partial charge in [-0.1, -0.05) is 12.1 Å². The molecule has 0 fully saturated rings. The monoisotopic (exact) mass is 368 g/mol.